The van der Waals surface area contributed by atoms with Gasteiger partial charge in [0.1, 0.15) is 23.5 Å². The van der Waals surface area contributed by atoms with Crippen LogP contribution in [0, 0.1) is 11.8 Å². The molecule has 8 heteroatoms. The standard InChI is InChI=1S/C25H25N5.2ClH.V/c1-14(2)16-8-10-18-22(12-16)29-24(27-18)20-6-5-7-21(26-20)25-28-19-11-9-17(15(3)4)13-23(19)30-25;;;/h5-15,18-19H,1-4H3;2*1H;/q;;;+2/p-2. The maximum Gasteiger partial charge on any atom is 2.00 e. The summed E-state index contributed by atoms with van der Waals surface area (Å²) >= 11 is 0. The SMILES string of the molecule is CC(C)C1=CC2=NC(c3cccc(C4=NC5C=CC(C(C)C)=CC5=N4)n3)=NC2C=C1.[Cl-].[Cl-].[V+2]. The Morgan fingerprint density at radius 2 is 1.12 bits per heavy atom. The number of hydrogen-bond donors (Lipinski definition) is 0. The molecule has 0 fully saturated rings. The minimum Gasteiger partial charge on any atom is -1.00 e. The van der Waals surface area contributed by atoms with Crippen LogP contribution in [0.15, 0.2) is 85.8 Å². The molecule has 169 valence electrons. The van der Waals surface area contributed by atoms with E-state index in [9.17, 15) is 0 Å². The third kappa shape index (κ3) is 5.38. The number of pyridine rings is 1. The molecule has 0 saturated carbocycles. The molecule has 2 unspecified atom stereocenters. The van der Waals surface area contributed by atoms with Gasteiger partial charge in [-0.1, -0.05) is 58.1 Å². The fraction of sp³-hybridized carbons (Fsp3) is 0.320. The first-order chi connectivity index (χ1) is 14.5. The van der Waals surface area contributed by atoms with E-state index in [4.69, 9.17) is 25.0 Å². The number of aromatic nitrogens is 1. The van der Waals surface area contributed by atoms with Crippen LogP contribution in [0.3, 0.4) is 0 Å². The molecule has 5 nitrogen and oxygen atoms in total. The van der Waals surface area contributed by atoms with Crippen molar-refractivity contribution in [3.05, 3.63) is 77.2 Å². The molecule has 33 heavy (non-hydrogen) atoms. The van der Waals surface area contributed by atoms with Gasteiger partial charge in [0.2, 0.25) is 0 Å². The van der Waals surface area contributed by atoms with Crippen molar-refractivity contribution in [3.63, 3.8) is 0 Å². The van der Waals surface area contributed by atoms with E-state index in [1.807, 2.05) is 18.2 Å². The number of nitrogens with zero attached hydrogens (tertiary/aromatic N) is 5. The zero-order valence-electron chi connectivity index (χ0n) is 18.9. The first-order valence-electron chi connectivity index (χ1n) is 10.6. The molecule has 0 bridgehead atoms. The summed E-state index contributed by atoms with van der Waals surface area (Å²) in [5.74, 6) is 2.29. The monoisotopic (exact) mass is 516 g/mol. The molecule has 1 aromatic rings. The molecule has 1 aromatic heterocycles. The van der Waals surface area contributed by atoms with Gasteiger partial charge >= 0.3 is 18.6 Å². The van der Waals surface area contributed by atoms with E-state index in [2.05, 4.69) is 64.2 Å². The molecular formula is C25H25Cl2N5V. The average Bonchev–Trinajstić information content (AvgIpc) is 3.36. The van der Waals surface area contributed by atoms with E-state index in [0.717, 1.165) is 22.8 Å². The van der Waals surface area contributed by atoms with Gasteiger partial charge in [0.25, 0.3) is 0 Å². The van der Waals surface area contributed by atoms with Gasteiger partial charge in [0.15, 0.2) is 11.7 Å². The molecule has 3 heterocycles. The van der Waals surface area contributed by atoms with Gasteiger partial charge in [-0.3, -0.25) is 9.98 Å². The number of amidine groups is 2. The molecule has 2 atom stereocenters. The molecule has 2 aliphatic heterocycles. The Bertz CT molecular complexity index is 1080. The van der Waals surface area contributed by atoms with Crippen molar-refractivity contribution in [2.24, 2.45) is 31.8 Å². The first-order valence-corrected chi connectivity index (χ1v) is 10.6. The van der Waals surface area contributed by atoms with Crippen LogP contribution in [0.5, 0.6) is 0 Å². The molecule has 0 spiro atoms. The Morgan fingerprint density at radius 3 is 1.52 bits per heavy atom. The Balaban J connectivity index is 0.00000128. The summed E-state index contributed by atoms with van der Waals surface area (Å²) in [7, 11) is 0. The zero-order valence-corrected chi connectivity index (χ0v) is 21.9. The van der Waals surface area contributed by atoms with Crippen LogP contribution in [0.25, 0.3) is 0 Å². The third-order valence-corrected chi connectivity index (χ3v) is 5.71. The van der Waals surface area contributed by atoms with E-state index in [1.54, 1.807) is 0 Å². The van der Waals surface area contributed by atoms with Gasteiger partial charge in [0, 0.05) is 0 Å². The Hall–Kier alpha value is -2.05. The summed E-state index contributed by atoms with van der Waals surface area (Å²) in [6.07, 6.45) is 12.8. The van der Waals surface area contributed by atoms with Crippen molar-refractivity contribution >= 4 is 23.1 Å². The van der Waals surface area contributed by atoms with Crippen LogP contribution in [-0.4, -0.2) is 40.2 Å². The normalized spacial score (nSPS) is 22.0. The van der Waals surface area contributed by atoms with E-state index >= 15 is 0 Å². The third-order valence-electron chi connectivity index (χ3n) is 5.71. The van der Waals surface area contributed by atoms with Crippen molar-refractivity contribution in [2.75, 3.05) is 0 Å². The summed E-state index contributed by atoms with van der Waals surface area (Å²) in [6.45, 7) is 8.76. The molecule has 0 amide bonds. The van der Waals surface area contributed by atoms with Gasteiger partial charge in [-0.05, 0) is 47.3 Å². The largest absolute Gasteiger partial charge is 2.00 e. The number of aliphatic imine (C=N–C) groups is 4. The maximum atomic E-state index is 4.80. The van der Waals surface area contributed by atoms with Crippen molar-refractivity contribution < 1.29 is 43.4 Å². The summed E-state index contributed by atoms with van der Waals surface area (Å²) in [4.78, 5) is 23.9. The minimum absolute atomic E-state index is 0. The smallest absolute Gasteiger partial charge is 1.00 e. The fourth-order valence-electron chi connectivity index (χ4n) is 3.84. The second-order valence-electron chi connectivity index (χ2n) is 8.59. The van der Waals surface area contributed by atoms with Crippen LogP contribution in [-0.2, 0) is 18.6 Å². The van der Waals surface area contributed by atoms with Gasteiger partial charge in [-0.2, -0.15) is 0 Å². The quantitative estimate of drug-likeness (QED) is 0.482. The number of rotatable bonds is 4. The number of hydrogen-bond acceptors (Lipinski definition) is 5. The molecule has 5 rings (SSSR count). The summed E-state index contributed by atoms with van der Waals surface area (Å²) in [5, 5.41) is 0. The fourth-order valence-corrected chi connectivity index (χ4v) is 3.84. The predicted octanol–water partition coefficient (Wildman–Crippen LogP) is -1.47. The molecular weight excluding hydrogens is 492 g/mol. The molecule has 4 aliphatic rings. The predicted molar refractivity (Wildman–Crippen MR) is 124 cm³/mol. The van der Waals surface area contributed by atoms with Crippen LogP contribution in [0.1, 0.15) is 39.1 Å². The van der Waals surface area contributed by atoms with Crippen molar-refractivity contribution in [1.29, 1.82) is 0 Å². The summed E-state index contributed by atoms with van der Waals surface area (Å²) in [5.41, 5.74) is 6.06. The van der Waals surface area contributed by atoms with Crippen LogP contribution in [0.4, 0.5) is 0 Å². The van der Waals surface area contributed by atoms with E-state index in [-0.39, 0.29) is 55.5 Å². The molecule has 2 aliphatic carbocycles. The second kappa shape index (κ2) is 10.9. The Labute approximate surface area is 219 Å². The number of fused-ring (bicyclic) bond motifs is 2. The van der Waals surface area contributed by atoms with Crippen molar-refractivity contribution in [1.82, 2.24) is 4.98 Å². The molecule has 0 saturated heterocycles. The van der Waals surface area contributed by atoms with E-state index in [0.29, 0.717) is 23.5 Å². The number of allylic oxidation sites excluding steroid dienone is 4. The summed E-state index contributed by atoms with van der Waals surface area (Å²) in [6, 6.07) is 5.86. The molecule has 1 radical (unpaired) electrons. The van der Waals surface area contributed by atoms with Crippen molar-refractivity contribution in [2.45, 2.75) is 39.8 Å². The van der Waals surface area contributed by atoms with E-state index in [1.165, 1.54) is 11.1 Å². The average molecular weight is 517 g/mol. The van der Waals surface area contributed by atoms with Crippen LogP contribution < -0.4 is 24.8 Å². The minimum atomic E-state index is -0.00961. The van der Waals surface area contributed by atoms with Crippen molar-refractivity contribution in [3.8, 4) is 0 Å². The zero-order chi connectivity index (χ0) is 20.8. The summed E-state index contributed by atoms with van der Waals surface area (Å²) < 4.78 is 0. The van der Waals surface area contributed by atoms with Crippen LogP contribution >= 0.6 is 0 Å². The second-order valence-corrected chi connectivity index (χ2v) is 8.59. The topological polar surface area (TPSA) is 62.3 Å². The van der Waals surface area contributed by atoms with Gasteiger partial charge < -0.3 is 24.8 Å². The Morgan fingerprint density at radius 1 is 0.697 bits per heavy atom. The van der Waals surface area contributed by atoms with Gasteiger partial charge in [-0.25, -0.2) is 15.0 Å². The molecule has 0 N–H and O–H groups in total. The van der Waals surface area contributed by atoms with Crippen LogP contribution in [0.2, 0.25) is 0 Å². The number of halogens is 2. The Kier molecular flexibility index (Phi) is 9.00. The van der Waals surface area contributed by atoms with E-state index < -0.39 is 0 Å². The first kappa shape index (κ1) is 27.2. The van der Waals surface area contributed by atoms with Gasteiger partial charge in [-0.15, -0.1) is 0 Å². The maximum absolute atomic E-state index is 4.80. The molecule has 0 aromatic carbocycles. The van der Waals surface area contributed by atoms with Gasteiger partial charge in [0.05, 0.1) is 11.4 Å².